The summed E-state index contributed by atoms with van der Waals surface area (Å²) in [6.07, 6.45) is 20.9. The number of allylic oxidation sites excluding steroid dienone is 3. The molecule has 8 aromatic carbocycles. The third-order valence-electron chi connectivity index (χ3n) is 15.6. The van der Waals surface area contributed by atoms with Crippen molar-refractivity contribution in [3.8, 4) is 46.0 Å². The van der Waals surface area contributed by atoms with Crippen molar-refractivity contribution in [1.82, 2.24) is 0 Å². The van der Waals surface area contributed by atoms with Gasteiger partial charge in [0.2, 0.25) is 0 Å². The Hall–Kier alpha value is -4.57. The molecule has 1 aliphatic heterocycles. The second-order valence-electron chi connectivity index (χ2n) is 23.6. The summed E-state index contributed by atoms with van der Waals surface area (Å²) < 4.78 is 44.1. The molecule has 0 aliphatic carbocycles. The number of rotatable bonds is 28. The second-order valence-corrected chi connectivity index (χ2v) is 26.7. The van der Waals surface area contributed by atoms with Gasteiger partial charge in [-0.2, -0.15) is 0 Å². The molecule has 8 aromatic rings. The molecule has 0 saturated carbocycles. The minimum absolute atomic E-state index is 0. The molecule has 1 heterocycles. The van der Waals surface area contributed by atoms with Gasteiger partial charge in [-0.1, -0.05) is 137 Å². The number of methoxy groups -OCH3 is 7. The third-order valence-corrected chi connectivity index (χ3v) is 18.5. The SMILES string of the molecule is C1CCOC1.C=CC(=O)CCCc1cc(OC)ccc1C.C=CCCc1cc(OC)ccc1Br.C=C[CH2-].COc1ccc(Br)c(CBr)c1.COc1ccc(Br)c(CCCCO)c1.COc1ccc(C)c(CCCC=O)c1.COc1ccc(C)c(CCCCO)c1.COc1cccc(C)c1.[Br-].[CH-]=C.[Cl-].[Mg+2].[Mg+2].[Na+].[O-]c1ccccc1. The number of halogens is 6. The molecule has 22 heteroatoms. The molecule has 0 bridgehead atoms. The first-order chi connectivity index (χ1) is 52.2. The minimum Gasteiger partial charge on any atom is -1.00 e. The fourth-order valence-corrected chi connectivity index (χ4v) is 11.5. The molecule has 0 aromatic heterocycles. The number of aldehydes is 1. The Morgan fingerprint density at radius 1 is 0.487 bits per heavy atom. The van der Waals surface area contributed by atoms with Crippen molar-refractivity contribution in [3.63, 3.8) is 0 Å². The first-order valence-corrected chi connectivity index (χ1v) is 39.3. The molecule has 0 radical (unpaired) electrons. The van der Waals surface area contributed by atoms with E-state index in [1.54, 1.807) is 61.9 Å². The van der Waals surface area contributed by atoms with E-state index < -0.39 is 0 Å². The summed E-state index contributed by atoms with van der Waals surface area (Å²) in [6, 6.07) is 52.4. The predicted octanol–water partition coefficient (Wildman–Crippen LogP) is 13.0. The zero-order chi connectivity index (χ0) is 81.1. The van der Waals surface area contributed by atoms with E-state index in [-0.39, 0.29) is 130 Å². The van der Waals surface area contributed by atoms with Crippen LogP contribution in [0.1, 0.15) is 126 Å². The maximum atomic E-state index is 11.1. The molecule has 0 atom stereocenters. The average molecular weight is 1930 g/mol. The van der Waals surface area contributed by atoms with Crippen molar-refractivity contribution in [2.24, 2.45) is 0 Å². The molecule has 1 fully saturated rings. The molecule has 113 heavy (non-hydrogen) atoms. The standard InChI is InChI=1S/C14H18O2.C12H18O2.C12H16O2.C11H15BrO2.C11H13BrO.C8H8Br2O.C8H10O.C6H6O.C4H8O.C3H5.C2H3.BrH.ClH.2Mg.Na/c1-4-13(15)7-5-6-12-10-14(16-3)9-8-11(12)2;2*1-10-6-7-12(14-2)9-11(10)5-3-4-8-13;1-14-10-5-6-11(12)9(8-10)4-2-3-7-13;1-3-4-5-9-8-10(13-2)6-7-11(9)12;1-11-7-2-3-8(10)6(4-7)5-9;1-7-4-3-5-8(6-7)9-2;7-6-4-2-1-3-5-6;1-2-4-5-3-1;1-3-2;1-2;;;;;/h4,8-10H,1,5-7H2,2-3H3;6-7,9,13H,3-5,8H2,1-2H3;6-9H,3-5H2,1-2H3;5-6,8,13H,2-4,7H2,1H3;3,6-8H,1,4-5H2,2H3;2-4H,5H2,1H3;3-6H,1-2H3;1-5,7H;1-4H2;3H,1-2H2;1H,2H2;2*1H;;;/q;;;;;;;;;2*-1;;;2*+2;+1/p-3. The first kappa shape index (κ1) is 122. The summed E-state index contributed by atoms with van der Waals surface area (Å²) in [5.41, 5.74) is 12.6. The van der Waals surface area contributed by atoms with Crippen LogP contribution in [0, 0.1) is 41.2 Å². The molecule has 0 spiro atoms. The number of hydrogen-bond acceptors (Lipinski definition) is 13. The number of ketones is 1. The minimum atomic E-state index is 0. The normalized spacial score (nSPS) is 9.67. The van der Waals surface area contributed by atoms with E-state index in [2.05, 4.69) is 143 Å². The first-order valence-electron chi connectivity index (χ1n) is 35.8. The molecule has 0 unspecified atom stereocenters. The summed E-state index contributed by atoms with van der Waals surface area (Å²) in [5, 5.41) is 28.5. The summed E-state index contributed by atoms with van der Waals surface area (Å²) in [5.74, 6) is 6.46. The Morgan fingerprint density at radius 3 is 1.13 bits per heavy atom. The fourth-order valence-electron chi connectivity index (χ4n) is 9.37. The number of unbranched alkanes of at least 4 members (excludes halogenated alkanes) is 3. The molecule has 1 aliphatic rings. The van der Waals surface area contributed by atoms with E-state index in [4.69, 9.17) is 48.1 Å². The van der Waals surface area contributed by atoms with Crippen molar-refractivity contribution >= 4 is 122 Å². The molecule has 1 saturated heterocycles. The van der Waals surface area contributed by atoms with E-state index in [0.29, 0.717) is 12.8 Å². The molecule has 0 amide bonds. The van der Waals surface area contributed by atoms with E-state index in [9.17, 15) is 14.7 Å². The number of alkyl halides is 1. The number of ether oxygens (including phenoxy) is 8. The predicted molar refractivity (Wildman–Crippen MR) is 474 cm³/mol. The fraction of sp³-hybridized carbons (Fsp3) is 0.352. The van der Waals surface area contributed by atoms with Crippen LogP contribution in [-0.4, -0.2) is 145 Å². The van der Waals surface area contributed by atoms with E-state index in [0.717, 1.165) is 156 Å². The van der Waals surface area contributed by atoms with E-state index in [1.165, 1.54) is 92.8 Å². The molecule has 9 rings (SSSR count). The maximum absolute atomic E-state index is 11.1. The van der Waals surface area contributed by atoms with Crippen molar-refractivity contribution < 1.29 is 122 Å². The number of aryl methyl sites for hydroxylation is 9. The molecule has 13 nitrogen and oxygen atoms in total. The number of hydrogen-bond donors (Lipinski definition) is 2. The van der Waals surface area contributed by atoms with Crippen LogP contribution in [0.15, 0.2) is 222 Å². The van der Waals surface area contributed by atoms with Crippen LogP contribution in [0.3, 0.4) is 0 Å². The van der Waals surface area contributed by atoms with Gasteiger partial charge in [0, 0.05) is 58.0 Å². The Labute approximate surface area is 784 Å². The van der Waals surface area contributed by atoms with Gasteiger partial charge in [0.1, 0.15) is 46.5 Å². The summed E-state index contributed by atoms with van der Waals surface area (Å²) in [6.45, 7) is 31.5. The monoisotopic (exact) mass is 1920 g/mol. The number of carbonyl (C=O) groups is 2. The van der Waals surface area contributed by atoms with Gasteiger partial charge in [0.05, 0.1) is 49.8 Å². The van der Waals surface area contributed by atoms with Gasteiger partial charge in [-0.05, 0) is 282 Å². The smallest absolute Gasteiger partial charge is 1.00 e. The molecule has 2 N–H and O–H groups in total. The van der Waals surface area contributed by atoms with Crippen molar-refractivity contribution in [1.29, 1.82) is 0 Å². The average Bonchev–Trinajstić information content (AvgIpc) is 1.17. The number of para-hydroxylation sites is 1. The molecule has 608 valence electrons. The topological polar surface area (TPSA) is 172 Å². The molecular weight excluding hydrogens is 1810 g/mol. The van der Waals surface area contributed by atoms with Gasteiger partial charge in [-0.15, -0.1) is 12.3 Å². The number of carbonyl (C=O) groups excluding carboxylic acids is 2. The van der Waals surface area contributed by atoms with Gasteiger partial charge in [-0.25, -0.2) is 19.6 Å². The zero-order valence-corrected chi connectivity index (χ0v) is 82.4. The largest absolute Gasteiger partial charge is 2.00 e. The van der Waals surface area contributed by atoms with Crippen LogP contribution in [0.2, 0.25) is 0 Å². The Balaban J connectivity index is -0.000000223. The van der Waals surface area contributed by atoms with Gasteiger partial charge in [0.25, 0.3) is 0 Å². The third kappa shape index (κ3) is 61.4. The second kappa shape index (κ2) is 82.5. The van der Waals surface area contributed by atoms with Gasteiger partial charge in [-0.3, -0.25) is 11.4 Å². The summed E-state index contributed by atoms with van der Waals surface area (Å²) in [7, 11) is 11.7. The quantitative estimate of drug-likeness (QED) is 0.00904. The van der Waals surface area contributed by atoms with Gasteiger partial charge >= 0.3 is 75.7 Å². The van der Waals surface area contributed by atoms with Gasteiger partial charge < -0.3 is 94.0 Å². The molecular formula is C91H119Br5ClMg2NaO13. The van der Waals surface area contributed by atoms with Gasteiger partial charge in [0.15, 0.2) is 5.78 Å². The Bertz CT molecular complexity index is 3620. The number of aliphatic hydroxyl groups is 2. The van der Waals surface area contributed by atoms with Crippen LogP contribution in [0.5, 0.6) is 46.0 Å². The summed E-state index contributed by atoms with van der Waals surface area (Å²) in [4.78, 5) is 21.2. The maximum Gasteiger partial charge on any atom is 2.00 e. The van der Waals surface area contributed by atoms with Crippen LogP contribution in [-0.2, 0) is 51.8 Å². The van der Waals surface area contributed by atoms with Crippen LogP contribution in [0.25, 0.3) is 0 Å². The zero-order valence-electron chi connectivity index (χ0n) is 68.9. The van der Waals surface area contributed by atoms with Crippen LogP contribution in [0.4, 0.5) is 0 Å². The number of aliphatic hydroxyl groups excluding tert-OH is 2. The summed E-state index contributed by atoms with van der Waals surface area (Å²) >= 11 is 13.8. The van der Waals surface area contributed by atoms with E-state index in [1.807, 2.05) is 134 Å². The Kier molecular flexibility index (Phi) is 88.8. The van der Waals surface area contributed by atoms with Crippen molar-refractivity contribution in [3.05, 3.63) is 291 Å². The number of benzene rings is 8. The van der Waals surface area contributed by atoms with E-state index >= 15 is 0 Å². The van der Waals surface area contributed by atoms with Crippen LogP contribution >= 0.6 is 63.7 Å². The van der Waals surface area contributed by atoms with Crippen molar-refractivity contribution in [2.45, 2.75) is 136 Å². The Morgan fingerprint density at radius 2 is 0.823 bits per heavy atom. The van der Waals surface area contributed by atoms with Crippen molar-refractivity contribution in [2.75, 3.05) is 76.2 Å². The van der Waals surface area contributed by atoms with Crippen LogP contribution < -0.4 is 97.2 Å².